The zero-order valence-corrected chi connectivity index (χ0v) is 7.77. The molecule has 1 rings (SSSR count). The van der Waals surface area contributed by atoms with Gasteiger partial charge < -0.3 is 14.7 Å². The van der Waals surface area contributed by atoms with Crippen LogP contribution in [0.1, 0.15) is 12.8 Å². The first-order valence-corrected chi connectivity index (χ1v) is 4.40. The molecule has 0 aliphatic carbocycles. The molecule has 1 heterocycles. The molecule has 4 heteroatoms. The average molecular weight is 185 g/mol. The molecule has 74 valence electrons. The fourth-order valence-corrected chi connectivity index (χ4v) is 1.35. The zero-order valence-electron chi connectivity index (χ0n) is 7.77. The van der Waals surface area contributed by atoms with E-state index in [0.717, 1.165) is 19.4 Å². The molecule has 13 heavy (non-hydrogen) atoms. The van der Waals surface area contributed by atoms with Gasteiger partial charge in [-0.1, -0.05) is 0 Å². The number of methoxy groups -OCH3 is 1. The van der Waals surface area contributed by atoms with E-state index in [9.17, 15) is 9.90 Å². The number of esters is 1. The number of rotatable bonds is 2. The molecule has 1 fully saturated rings. The van der Waals surface area contributed by atoms with Crippen molar-refractivity contribution in [1.29, 1.82) is 0 Å². The number of carbonyl (C=O) groups excluding carboxylic acids is 1. The van der Waals surface area contributed by atoms with Crippen molar-refractivity contribution in [1.82, 2.24) is 4.90 Å². The van der Waals surface area contributed by atoms with E-state index in [1.54, 1.807) is 6.20 Å². The maximum atomic E-state index is 10.7. The monoisotopic (exact) mass is 185 g/mol. The van der Waals surface area contributed by atoms with Crippen LogP contribution in [0.5, 0.6) is 0 Å². The number of ether oxygens (including phenoxy) is 1. The Kier molecular flexibility index (Phi) is 3.76. The standard InChI is InChI=1S/C9H15NO3/c1-13-9(12)4-6-10-5-2-3-8(11)7-10/h4,6,8,11H,2-3,5,7H2,1H3. The Bertz CT molecular complexity index is 203. The maximum Gasteiger partial charge on any atom is 0.331 e. The fraction of sp³-hybridized carbons (Fsp3) is 0.667. The van der Waals surface area contributed by atoms with Gasteiger partial charge >= 0.3 is 5.97 Å². The van der Waals surface area contributed by atoms with Crippen LogP contribution >= 0.6 is 0 Å². The number of hydrogen-bond acceptors (Lipinski definition) is 4. The molecule has 1 atom stereocenters. The van der Waals surface area contributed by atoms with Gasteiger partial charge in [0.2, 0.25) is 0 Å². The van der Waals surface area contributed by atoms with Gasteiger partial charge in [-0.15, -0.1) is 0 Å². The fourth-order valence-electron chi connectivity index (χ4n) is 1.35. The molecule has 0 saturated carbocycles. The van der Waals surface area contributed by atoms with Gasteiger partial charge in [0, 0.05) is 25.4 Å². The third kappa shape index (κ3) is 3.46. The van der Waals surface area contributed by atoms with Crippen molar-refractivity contribution >= 4 is 5.97 Å². The third-order valence-corrected chi connectivity index (χ3v) is 2.05. The number of β-amino-alcohol motifs (C(OH)–C–C–N with tert-alkyl or cyclic N) is 1. The normalized spacial score (nSPS) is 23.5. The lowest BCUT2D eigenvalue weighted by molar-refractivity contribution is -0.134. The molecule has 1 unspecified atom stereocenters. The smallest absolute Gasteiger partial charge is 0.331 e. The first-order valence-electron chi connectivity index (χ1n) is 4.40. The zero-order chi connectivity index (χ0) is 9.68. The van der Waals surface area contributed by atoms with Crippen molar-refractivity contribution in [2.75, 3.05) is 20.2 Å². The molecule has 1 aliphatic rings. The Balaban J connectivity index is 2.35. The van der Waals surface area contributed by atoms with E-state index in [0.29, 0.717) is 6.54 Å². The molecule has 0 aromatic rings. The Labute approximate surface area is 77.8 Å². The van der Waals surface area contributed by atoms with Crippen LogP contribution in [0.3, 0.4) is 0 Å². The van der Waals surface area contributed by atoms with Gasteiger partial charge in [-0.3, -0.25) is 0 Å². The van der Waals surface area contributed by atoms with Crippen LogP contribution in [-0.4, -0.2) is 42.3 Å². The first kappa shape index (κ1) is 10.1. The highest BCUT2D eigenvalue weighted by atomic mass is 16.5. The van der Waals surface area contributed by atoms with Crippen LogP contribution in [0.25, 0.3) is 0 Å². The third-order valence-electron chi connectivity index (χ3n) is 2.05. The molecule has 0 aromatic carbocycles. The summed E-state index contributed by atoms with van der Waals surface area (Å²) >= 11 is 0. The Morgan fingerprint density at radius 2 is 2.46 bits per heavy atom. The van der Waals surface area contributed by atoms with E-state index < -0.39 is 0 Å². The summed E-state index contributed by atoms with van der Waals surface area (Å²) in [6.45, 7) is 1.50. The number of nitrogens with zero attached hydrogens (tertiary/aromatic N) is 1. The minimum atomic E-state index is -0.361. The van der Waals surface area contributed by atoms with Gasteiger partial charge in [0.25, 0.3) is 0 Å². The highest BCUT2D eigenvalue weighted by Crippen LogP contribution is 2.09. The van der Waals surface area contributed by atoms with Gasteiger partial charge in [0.1, 0.15) is 0 Å². The van der Waals surface area contributed by atoms with Crippen LogP contribution in [0.2, 0.25) is 0 Å². The summed E-state index contributed by atoms with van der Waals surface area (Å²) in [4.78, 5) is 12.7. The molecule has 4 nitrogen and oxygen atoms in total. The van der Waals surface area contributed by atoms with Crippen LogP contribution < -0.4 is 0 Å². The summed E-state index contributed by atoms with van der Waals surface area (Å²) in [5, 5.41) is 9.31. The summed E-state index contributed by atoms with van der Waals surface area (Å²) in [5.74, 6) is -0.361. The van der Waals surface area contributed by atoms with Gasteiger partial charge in [-0.05, 0) is 12.8 Å². The summed E-state index contributed by atoms with van der Waals surface area (Å²) < 4.78 is 4.45. The second-order valence-electron chi connectivity index (χ2n) is 3.13. The molecule has 1 aliphatic heterocycles. The number of piperidine rings is 1. The summed E-state index contributed by atoms with van der Waals surface area (Å²) in [5.41, 5.74) is 0. The molecular weight excluding hydrogens is 170 g/mol. The molecule has 0 amide bonds. The van der Waals surface area contributed by atoms with Gasteiger partial charge in [0.05, 0.1) is 13.2 Å². The Hall–Kier alpha value is -1.03. The molecular formula is C9H15NO3. The molecule has 0 bridgehead atoms. The second-order valence-corrected chi connectivity index (χ2v) is 3.13. The lowest BCUT2D eigenvalue weighted by atomic mass is 10.1. The van der Waals surface area contributed by atoms with Crippen molar-refractivity contribution in [2.45, 2.75) is 18.9 Å². The minimum absolute atomic E-state index is 0.268. The van der Waals surface area contributed by atoms with Crippen molar-refractivity contribution < 1.29 is 14.6 Å². The van der Waals surface area contributed by atoms with Crippen molar-refractivity contribution in [3.8, 4) is 0 Å². The van der Waals surface area contributed by atoms with Crippen LogP contribution in [-0.2, 0) is 9.53 Å². The second kappa shape index (κ2) is 4.87. The number of likely N-dealkylation sites (tertiary alicyclic amines) is 1. The van der Waals surface area contributed by atoms with E-state index in [2.05, 4.69) is 4.74 Å². The van der Waals surface area contributed by atoms with E-state index >= 15 is 0 Å². The molecule has 1 N–H and O–H groups in total. The minimum Gasteiger partial charge on any atom is -0.466 e. The largest absolute Gasteiger partial charge is 0.466 e. The molecule has 0 spiro atoms. The van der Waals surface area contributed by atoms with Gasteiger partial charge in [-0.2, -0.15) is 0 Å². The summed E-state index contributed by atoms with van der Waals surface area (Å²) in [6.07, 6.45) is 4.60. The number of hydrogen-bond donors (Lipinski definition) is 1. The van der Waals surface area contributed by atoms with Crippen molar-refractivity contribution in [3.05, 3.63) is 12.3 Å². The number of aliphatic hydroxyl groups excluding tert-OH is 1. The molecule has 1 saturated heterocycles. The highest BCUT2D eigenvalue weighted by Gasteiger charge is 2.14. The van der Waals surface area contributed by atoms with Crippen LogP contribution in [0.15, 0.2) is 12.3 Å². The predicted molar refractivity (Wildman–Crippen MR) is 48.0 cm³/mol. The summed E-state index contributed by atoms with van der Waals surface area (Å²) in [6, 6.07) is 0. The summed E-state index contributed by atoms with van der Waals surface area (Å²) in [7, 11) is 1.34. The number of carbonyl (C=O) groups is 1. The van der Waals surface area contributed by atoms with Crippen molar-refractivity contribution in [2.24, 2.45) is 0 Å². The highest BCUT2D eigenvalue weighted by molar-refractivity contribution is 5.81. The van der Waals surface area contributed by atoms with Crippen LogP contribution in [0.4, 0.5) is 0 Å². The lowest BCUT2D eigenvalue weighted by Gasteiger charge is -2.28. The van der Waals surface area contributed by atoms with E-state index in [1.807, 2.05) is 4.90 Å². The average Bonchev–Trinajstić information content (AvgIpc) is 2.14. The van der Waals surface area contributed by atoms with Gasteiger partial charge in [0.15, 0.2) is 0 Å². The lowest BCUT2D eigenvalue weighted by Crippen LogP contribution is -2.34. The van der Waals surface area contributed by atoms with Gasteiger partial charge in [-0.25, -0.2) is 4.79 Å². The molecule has 0 radical (unpaired) electrons. The molecule has 0 aromatic heterocycles. The maximum absolute atomic E-state index is 10.7. The van der Waals surface area contributed by atoms with E-state index in [-0.39, 0.29) is 12.1 Å². The van der Waals surface area contributed by atoms with Crippen LogP contribution in [0, 0.1) is 0 Å². The van der Waals surface area contributed by atoms with E-state index in [1.165, 1.54) is 13.2 Å². The Morgan fingerprint density at radius 1 is 1.69 bits per heavy atom. The number of aliphatic hydroxyl groups is 1. The SMILES string of the molecule is COC(=O)C=CN1CCCC(O)C1. The predicted octanol–water partition coefficient (Wildman–Crippen LogP) is 0.130. The van der Waals surface area contributed by atoms with Crippen molar-refractivity contribution in [3.63, 3.8) is 0 Å². The quantitative estimate of drug-likeness (QED) is 0.490. The Morgan fingerprint density at radius 3 is 3.08 bits per heavy atom. The first-order chi connectivity index (χ1) is 6.22. The van der Waals surface area contributed by atoms with E-state index in [4.69, 9.17) is 0 Å². The topological polar surface area (TPSA) is 49.8 Å².